The van der Waals surface area contributed by atoms with Crippen LogP contribution >= 0.6 is 0 Å². The molecule has 4 aromatic carbocycles. The van der Waals surface area contributed by atoms with Gasteiger partial charge in [-0.15, -0.1) is 0 Å². The van der Waals surface area contributed by atoms with Gasteiger partial charge >= 0.3 is 0 Å². The topological polar surface area (TPSA) is 43.4 Å². The van der Waals surface area contributed by atoms with Gasteiger partial charge in [0.05, 0.1) is 8.07 Å². The van der Waals surface area contributed by atoms with Crippen LogP contribution in [0.25, 0.3) is 0 Å². The summed E-state index contributed by atoms with van der Waals surface area (Å²) >= 11 is 0. The van der Waals surface area contributed by atoms with Gasteiger partial charge in [0.2, 0.25) is 0 Å². The lowest BCUT2D eigenvalue weighted by Crippen LogP contribution is -2.34. The molecule has 1 heterocycles. The first-order chi connectivity index (χ1) is 16.3. The van der Waals surface area contributed by atoms with Gasteiger partial charge in [0.15, 0.2) is 11.6 Å². The van der Waals surface area contributed by atoms with Crippen LogP contribution in [0.4, 0.5) is 0 Å². The van der Waals surface area contributed by atoms with E-state index in [1.54, 1.807) is 0 Å². The highest BCUT2D eigenvalue weighted by atomic mass is 28.3. The molecule has 1 aliphatic rings. The number of hydrogen-bond acceptors (Lipinski definition) is 3. The van der Waals surface area contributed by atoms with Gasteiger partial charge in [-0.1, -0.05) is 80.3 Å². The van der Waals surface area contributed by atoms with Gasteiger partial charge in [0.1, 0.15) is 11.5 Å². The number of hydrogen-bond donors (Lipinski definition) is 0. The molecule has 0 radical (unpaired) electrons. The molecule has 0 saturated carbocycles. The molecule has 4 aromatic rings. The number of benzene rings is 4. The summed E-state index contributed by atoms with van der Waals surface area (Å²) in [6.45, 7) is 6.94. The third-order valence-electron chi connectivity index (χ3n) is 6.32. The predicted molar refractivity (Wildman–Crippen MR) is 138 cm³/mol. The van der Waals surface area contributed by atoms with Crippen molar-refractivity contribution in [3.05, 3.63) is 130 Å². The van der Waals surface area contributed by atoms with Crippen LogP contribution in [-0.2, 0) is 0 Å². The molecule has 0 unspecified atom stereocenters. The molecule has 5 rings (SSSR count). The van der Waals surface area contributed by atoms with Crippen molar-refractivity contribution >= 4 is 19.6 Å². The van der Waals surface area contributed by atoms with Gasteiger partial charge in [0.25, 0.3) is 0 Å². The van der Waals surface area contributed by atoms with Gasteiger partial charge < -0.3 is 4.74 Å². The Balaban J connectivity index is 1.60. The smallest absolute Gasteiger partial charge is 0.193 e. The zero-order valence-corrected chi connectivity index (χ0v) is 20.5. The van der Waals surface area contributed by atoms with Crippen LogP contribution in [0.3, 0.4) is 0 Å². The van der Waals surface area contributed by atoms with E-state index < -0.39 is 8.07 Å². The quantitative estimate of drug-likeness (QED) is 0.231. The third kappa shape index (κ3) is 4.01. The largest absolute Gasteiger partial charge is 0.457 e. The average molecular weight is 463 g/mol. The van der Waals surface area contributed by atoms with Crippen molar-refractivity contribution in [2.45, 2.75) is 25.2 Å². The van der Waals surface area contributed by atoms with Gasteiger partial charge in [0, 0.05) is 38.9 Å². The van der Waals surface area contributed by atoms with Gasteiger partial charge in [-0.25, -0.2) is 0 Å². The van der Waals surface area contributed by atoms with Crippen LogP contribution in [0, 0.1) is 0 Å². The van der Waals surface area contributed by atoms with E-state index in [1.807, 2.05) is 97.1 Å². The van der Waals surface area contributed by atoms with Gasteiger partial charge in [-0.3, -0.25) is 9.59 Å². The van der Waals surface area contributed by atoms with E-state index in [9.17, 15) is 9.59 Å². The first kappa shape index (κ1) is 22.1. The number of fused-ring (bicyclic) bond motifs is 2. The zero-order chi connectivity index (χ0) is 23.9. The minimum atomic E-state index is -1.84. The maximum Gasteiger partial charge on any atom is 0.193 e. The fourth-order valence-electron chi connectivity index (χ4n) is 4.75. The Hall–Kier alpha value is -3.76. The summed E-state index contributed by atoms with van der Waals surface area (Å²) in [6.07, 6.45) is 0. The van der Waals surface area contributed by atoms with Crippen molar-refractivity contribution in [2.75, 3.05) is 0 Å². The summed E-state index contributed by atoms with van der Waals surface area (Å²) < 4.78 is 6.28. The molecule has 168 valence electrons. The van der Waals surface area contributed by atoms with E-state index >= 15 is 0 Å². The lowest BCUT2D eigenvalue weighted by atomic mass is 9.93. The Labute approximate surface area is 201 Å². The van der Waals surface area contributed by atoms with Gasteiger partial charge in [-0.2, -0.15) is 0 Å². The molecule has 0 fully saturated rings. The molecule has 34 heavy (non-hydrogen) atoms. The number of ether oxygens (including phenoxy) is 1. The minimum Gasteiger partial charge on any atom is -0.457 e. The Kier molecular flexibility index (Phi) is 5.54. The fraction of sp³-hybridized carbons (Fsp3) is 0.133. The van der Waals surface area contributed by atoms with E-state index in [1.165, 1.54) is 0 Å². The first-order valence-electron chi connectivity index (χ1n) is 11.5. The molecule has 4 heteroatoms. The normalized spacial score (nSPS) is 12.9. The van der Waals surface area contributed by atoms with E-state index in [0.29, 0.717) is 22.3 Å². The molecule has 0 atom stereocenters. The summed E-state index contributed by atoms with van der Waals surface area (Å²) in [5.74, 6) is 1.56. The van der Waals surface area contributed by atoms with E-state index in [4.69, 9.17) is 4.74 Å². The molecule has 3 nitrogen and oxygen atoms in total. The van der Waals surface area contributed by atoms with Crippen LogP contribution in [0.2, 0.25) is 19.6 Å². The second kappa shape index (κ2) is 8.54. The first-order valence-corrected chi connectivity index (χ1v) is 15.1. The van der Waals surface area contributed by atoms with E-state index in [0.717, 1.165) is 22.6 Å². The summed E-state index contributed by atoms with van der Waals surface area (Å²) in [7, 11) is -1.84. The van der Waals surface area contributed by atoms with Crippen molar-refractivity contribution in [3.63, 3.8) is 0 Å². The Morgan fingerprint density at radius 1 is 0.588 bits per heavy atom. The maximum atomic E-state index is 13.2. The SMILES string of the molecule is C[Si](C)(C)C1c2cc(C(=O)c3ccccc3)ccc2Oc2ccc(C(=O)c3ccccc3)cc21. The number of ketones is 2. The summed E-state index contributed by atoms with van der Waals surface area (Å²) in [5, 5.41) is 0. The molecule has 0 bridgehead atoms. The highest BCUT2D eigenvalue weighted by Gasteiger charge is 2.38. The van der Waals surface area contributed by atoms with Crippen LogP contribution in [-0.4, -0.2) is 19.6 Å². The number of rotatable bonds is 5. The zero-order valence-electron chi connectivity index (χ0n) is 19.5. The van der Waals surface area contributed by atoms with Crippen molar-refractivity contribution < 1.29 is 14.3 Å². The monoisotopic (exact) mass is 462 g/mol. The molecule has 0 aliphatic carbocycles. The lowest BCUT2D eigenvalue weighted by molar-refractivity contribution is 0.103. The van der Waals surface area contributed by atoms with E-state index in [2.05, 4.69) is 19.6 Å². The molecule has 0 N–H and O–H groups in total. The highest BCUT2D eigenvalue weighted by Crippen LogP contribution is 2.48. The van der Waals surface area contributed by atoms with Gasteiger partial charge in [-0.05, 0) is 36.4 Å². The average Bonchev–Trinajstić information content (AvgIpc) is 2.86. The lowest BCUT2D eigenvalue weighted by Gasteiger charge is -2.36. The third-order valence-corrected chi connectivity index (χ3v) is 8.68. The van der Waals surface area contributed by atoms with Crippen molar-refractivity contribution in [2.24, 2.45) is 0 Å². The fourth-order valence-corrected chi connectivity index (χ4v) is 7.07. The standard InChI is InChI=1S/C30H26O3Si/c1-34(2,3)30-24-18-22(28(31)20-10-6-4-7-11-20)14-16-26(24)33-27-17-15-23(19-25(27)30)29(32)21-12-8-5-9-13-21/h4-19,30H,1-3H3. The molecular weight excluding hydrogens is 436 g/mol. The molecule has 0 spiro atoms. The highest BCUT2D eigenvalue weighted by molar-refractivity contribution is 6.78. The van der Waals surface area contributed by atoms with Crippen molar-refractivity contribution in [3.8, 4) is 11.5 Å². The van der Waals surface area contributed by atoms with Crippen molar-refractivity contribution in [1.82, 2.24) is 0 Å². The molecular formula is C30H26O3Si. The molecule has 1 aliphatic heterocycles. The van der Waals surface area contributed by atoms with E-state index in [-0.39, 0.29) is 17.1 Å². The van der Waals surface area contributed by atoms with Crippen LogP contribution in [0.15, 0.2) is 97.1 Å². The molecule has 0 aromatic heterocycles. The predicted octanol–water partition coefficient (Wildman–Crippen LogP) is 7.26. The second-order valence-electron chi connectivity index (χ2n) is 9.80. The molecule has 0 saturated heterocycles. The Bertz CT molecular complexity index is 1280. The minimum absolute atomic E-state index is 0.00321. The van der Waals surface area contributed by atoms with Crippen LogP contribution in [0.1, 0.15) is 48.5 Å². The maximum absolute atomic E-state index is 13.2. The summed E-state index contributed by atoms with van der Waals surface area (Å²) in [4.78, 5) is 26.3. The summed E-state index contributed by atoms with van der Waals surface area (Å²) in [6, 6.07) is 30.1. The Morgan fingerprint density at radius 2 is 1.00 bits per heavy atom. The Morgan fingerprint density at radius 3 is 1.38 bits per heavy atom. The van der Waals surface area contributed by atoms with Crippen LogP contribution < -0.4 is 4.74 Å². The molecule has 0 amide bonds. The van der Waals surface area contributed by atoms with Crippen LogP contribution in [0.5, 0.6) is 11.5 Å². The summed E-state index contributed by atoms with van der Waals surface area (Å²) in [5.41, 5.74) is 4.78. The second-order valence-corrected chi connectivity index (χ2v) is 15.1. The number of carbonyl (C=O) groups is 2. The van der Waals surface area contributed by atoms with Crippen molar-refractivity contribution in [1.29, 1.82) is 0 Å². The number of carbonyl (C=O) groups excluding carboxylic acids is 2.